The summed E-state index contributed by atoms with van der Waals surface area (Å²) in [6.45, 7) is 8.02. The number of benzene rings is 2. The Hall–Kier alpha value is -3.02. The average molecular weight is 756 g/mol. The summed E-state index contributed by atoms with van der Waals surface area (Å²) >= 11 is 0. The monoisotopic (exact) mass is 755 g/mol. The number of amides is 1. The number of nitrogens with one attached hydrogen (secondary N) is 1. The third kappa shape index (κ3) is 20.6. The number of esters is 1. The summed E-state index contributed by atoms with van der Waals surface area (Å²) in [6.07, 6.45) is 17.6. The van der Waals surface area contributed by atoms with Crippen LogP contribution in [0.2, 0.25) is 0 Å². The van der Waals surface area contributed by atoms with Gasteiger partial charge in [0, 0.05) is 25.5 Å². The van der Waals surface area contributed by atoms with Crippen LogP contribution in [-0.4, -0.2) is 97.9 Å². The highest BCUT2D eigenvalue weighted by Crippen LogP contribution is 2.44. The molecule has 2 aromatic carbocycles. The first-order valence-corrected chi connectivity index (χ1v) is 20.8. The van der Waals surface area contributed by atoms with Crippen LogP contribution in [0.15, 0.2) is 48.5 Å². The molecule has 0 heterocycles. The molecule has 0 saturated heterocycles. The zero-order valence-corrected chi connectivity index (χ0v) is 33.2. The maximum atomic E-state index is 12.3. The molecule has 3 rings (SSSR count). The van der Waals surface area contributed by atoms with Crippen molar-refractivity contribution >= 4 is 12.1 Å². The van der Waals surface area contributed by atoms with Gasteiger partial charge in [-0.05, 0) is 35.1 Å². The molecule has 1 aliphatic rings. The Labute approximate surface area is 325 Å². The van der Waals surface area contributed by atoms with Crippen LogP contribution in [0.5, 0.6) is 0 Å². The normalized spacial score (nSPS) is 12.1. The van der Waals surface area contributed by atoms with Crippen LogP contribution in [0, 0.1) is 0 Å². The lowest BCUT2D eigenvalue weighted by molar-refractivity contribution is -0.145. The van der Waals surface area contributed by atoms with Crippen LogP contribution in [-0.2, 0) is 38.0 Å². The highest BCUT2D eigenvalue weighted by atomic mass is 16.6. The van der Waals surface area contributed by atoms with E-state index in [9.17, 15) is 9.59 Å². The van der Waals surface area contributed by atoms with Crippen molar-refractivity contribution in [2.24, 2.45) is 0 Å². The van der Waals surface area contributed by atoms with Crippen LogP contribution >= 0.6 is 0 Å². The SMILES string of the molecule is CCCCCCCCCCCCCCCC(=O)OCCOCCOCCOCCOCCOCCCNC(=O)OCC1c2ccccc2-c2ccccc21. The molecule has 2 aromatic rings. The van der Waals surface area contributed by atoms with Crippen molar-refractivity contribution in [2.75, 3.05) is 85.8 Å². The fraction of sp³-hybridized carbons (Fsp3) is 0.682. The van der Waals surface area contributed by atoms with Crippen molar-refractivity contribution in [1.29, 1.82) is 0 Å². The van der Waals surface area contributed by atoms with Crippen LogP contribution in [0.4, 0.5) is 4.79 Å². The molecule has 0 aromatic heterocycles. The number of carbonyl (C=O) groups is 2. The number of carbonyl (C=O) groups excluding carboxylic acids is 2. The lowest BCUT2D eigenvalue weighted by Crippen LogP contribution is -2.27. The molecule has 0 radical (unpaired) electrons. The van der Waals surface area contributed by atoms with Crippen LogP contribution in [0.25, 0.3) is 11.1 Å². The van der Waals surface area contributed by atoms with E-state index in [1.807, 2.05) is 24.3 Å². The second-order valence-corrected chi connectivity index (χ2v) is 13.9. The first kappa shape index (κ1) is 45.4. The molecule has 0 saturated carbocycles. The van der Waals surface area contributed by atoms with Gasteiger partial charge in [-0.15, -0.1) is 0 Å². The van der Waals surface area contributed by atoms with E-state index in [0.29, 0.717) is 92.1 Å². The summed E-state index contributed by atoms with van der Waals surface area (Å²) in [5.41, 5.74) is 4.81. The van der Waals surface area contributed by atoms with Crippen molar-refractivity contribution in [3.63, 3.8) is 0 Å². The van der Waals surface area contributed by atoms with E-state index < -0.39 is 6.09 Å². The van der Waals surface area contributed by atoms with Crippen LogP contribution in [0.3, 0.4) is 0 Å². The lowest BCUT2D eigenvalue weighted by atomic mass is 9.98. The first-order valence-electron chi connectivity index (χ1n) is 20.8. The maximum absolute atomic E-state index is 12.3. The first-order chi connectivity index (χ1) is 26.7. The molecule has 1 N–H and O–H groups in total. The van der Waals surface area contributed by atoms with Gasteiger partial charge in [-0.1, -0.05) is 133 Å². The number of ether oxygens (including phenoxy) is 7. The van der Waals surface area contributed by atoms with E-state index in [2.05, 4.69) is 36.5 Å². The van der Waals surface area contributed by atoms with Gasteiger partial charge in [-0.2, -0.15) is 0 Å². The molecule has 10 heteroatoms. The smallest absolute Gasteiger partial charge is 0.407 e. The summed E-state index contributed by atoms with van der Waals surface area (Å²) < 4.78 is 38.5. The van der Waals surface area contributed by atoms with Gasteiger partial charge in [-0.25, -0.2) is 4.79 Å². The third-order valence-corrected chi connectivity index (χ3v) is 9.54. The van der Waals surface area contributed by atoms with E-state index in [0.717, 1.165) is 12.8 Å². The number of hydrogen-bond donors (Lipinski definition) is 1. The van der Waals surface area contributed by atoms with E-state index in [1.165, 1.54) is 92.9 Å². The van der Waals surface area contributed by atoms with Crippen LogP contribution in [0.1, 0.15) is 120 Å². The molecule has 0 atom stereocenters. The molecule has 10 nitrogen and oxygen atoms in total. The number of fused-ring (bicyclic) bond motifs is 3. The summed E-state index contributed by atoms with van der Waals surface area (Å²) in [7, 11) is 0. The van der Waals surface area contributed by atoms with Gasteiger partial charge in [0.15, 0.2) is 0 Å². The van der Waals surface area contributed by atoms with Crippen molar-refractivity contribution < 1.29 is 42.7 Å². The van der Waals surface area contributed by atoms with E-state index in [1.54, 1.807) is 0 Å². The Morgan fingerprint density at radius 2 is 0.926 bits per heavy atom. The Morgan fingerprint density at radius 3 is 1.43 bits per heavy atom. The Bertz CT molecular complexity index is 1200. The van der Waals surface area contributed by atoms with E-state index in [-0.39, 0.29) is 18.5 Å². The summed E-state index contributed by atoms with van der Waals surface area (Å²) in [5, 5.41) is 2.81. The van der Waals surface area contributed by atoms with Crippen molar-refractivity contribution in [3.05, 3.63) is 59.7 Å². The Morgan fingerprint density at radius 1 is 0.500 bits per heavy atom. The third-order valence-electron chi connectivity index (χ3n) is 9.54. The predicted molar refractivity (Wildman–Crippen MR) is 213 cm³/mol. The van der Waals surface area contributed by atoms with Gasteiger partial charge in [0.2, 0.25) is 0 Å². The second kappa shape index (κ2) is 31.2. The van der Waals surface area contributed by atoms with Gasteiger partial charge >= 0.3 is 12.1 Å². The number of hydrogen-bond acceptors (Lipinski definition) is 9. The van der Waals surface area contributed by atoms with E-state index in [4.69, 9.17) is 33.2 Å². The van der Waals surface area contributed by atoms with Crippen molar-refractivity contribution in [2.45, 2.75) is 109 Å². The van der Waals surface area contributed by atoms with Gasteiger partial charge in [-0.3, -0.25) is 4.79 Å². The molecule has 1 amide bonds. The standard InChI is InChI=1S/C44H69NO9/c1-2-3-4-5-6-7-8-9-10-11-12-13-14-24-43(46)53-36-35-52-34-33-51-32-31-50-30-29-49-28-27-48-26-19-25-45-44(47)54-37-42-40-22-17-15-20-38(40)39-21-16-18-23-41(39)42/h15-18,20-23,42H,2-14,19,24-37H2,1H3,(H,45,47). The summed E-state index contributed by atoms with van der Waals surface area (Å²) in [4.78, 5) is 24.2. The number of alkyl carbamates (subject to hydrolysis) is 1. The Kier molecular flexibility index (Phi) is 26.2. The topological polar surface area (TPSA) is 111 Å². The molecule has 0 spiro atoms. The Balaban J connectivity index is 0.970. The predicted octanol–water partition coefficient (Wildman–Crippen LogP) is 9.02. The molecule has 0 aliphatic heterocycles. The molecule has 0 unspecified atom stereocenters. The molecular weight excluding hydrogens is 686 g/mol. The highest BCUT2D eigenvalue weighted by molar-refractivity contribution is 5.79. The van der Waals surface area contributed by atoms with Gasteiger partial charge in [0.05, 0.1) is 59.5 Å². The minimum atomic E-state index is -0.413. The molecule has 0 fully saturated rings. The zero-order valence-electron chi connectivity index (χ0n) is 33.2. The van der Waals surface area contributed by atoms with Gasteiger partial charge in [0.25, 0.3) is 0 Å². The minimum Gasteiger partial charge on any atom is -0.463 e. The number of unbranched alkanes of at least 4 members (excludes halogenated alkanes) is 12. The molecule has 1 aliphatic carbocycles. The molecule has 304 valence electrons. The molecule has 54 heavy (non-hydrogen) atoms. The fourth-order valence-electron chi connectivity index (χ4n) is 6.57. The van der Waals surface area contributed by atoms with Gasteiger partial charge in [0.1, 0.15) is 13.2 Å². The zero-order chi connectivity index (χ0) is 38.2. The largest absolute Gasteiger partial charge is 0.463 e. The van der Waals surface area contributed by atoms with Crippen molar-refractivity contribution in [1.82, 2.24) is 5.32 Å². The summed E-state index contributed by atoms with van der Waals surface area (Å²) in [5.74, 6) is -0.0836. The summed E-state index contributed by atoms with van der Waals surface area (Å²) in [6, 6.07) is 16.6. The molecule has 0 bridgehead atoms. The lowest BCUT2D eigenvalue weighted by Gasteiger charge is -2.14. The fourth-order valence-corrected chi connectivity index (χ4v) is 6.57. The van der Waals surface area contributed by atoms with Gasteiger partial charge < -0.3 is 38.5 Å². The van der Waals surface area contributed by atoms with E-state index >= 15 is 0 Å². The highest BCUT2D eigenvalue weighted by Gasteiger charge is 2.28. The van der Waals surface area contributed by atoms with Crippen molar-refractivity contribution in [3.8, 4) is 11.1 Å². The quantitative estimate of drug-likeness (QED) is 0.0544. The average Bonchev–Trinajstić information content (AvgIpc) is 3.51. The molecular formula is C44H69NO9. The minimum absolute atomic E-state index is 0.0512. The maximum Gasteiger partial charge on any atom is 0.407 e. The number of rotatable bonds is 35. The second-order valence-electron chi connectivity index (χ2n) is 13.9. The van der Waals surface area contributed by atoms with Crippen LogP contribution < -0.4 is 5.32 Å².